The average molecular weight is 233 g/mol. The van der Waals surface area contributed by atoms with Crippen molar-refractivity contribution in [3.8, 4) is 0 Å². The fourth-order valence-corrected chi connectivity index (χ4v) is 2.36. The van der Waals surface area contributed by atoms with Crippen LogP contribution >= 0.6 is 0 Å². The summed E-state index contributed by atoms with van der Waals surface area (Å²) in [4.78, 5) is 13.3. The Morgan fingerprint density at radius 1 is 1.47 bits per heavy atom. The minimum atomic E-state index is -0.839. The third-order valence-corrected chi connectivity index (χ3v) is 3.33. The molecule has 0 radical (unpaired) electrons. The lowest BCUT2D eigenvalue weighted by Crippen LogP contribution is -2.30. The van der Waals surface area contributed by atoms with E-state index < -0.39 is 5.97 Å². The van der Waals surface area contributed by atoms with Gasteiger partial charge in [0.05, 0.1) is 5.56 Å². The predicted molar refractivity (Wildman–Crippen MR) is 68.8 cm³/mol. The number of aryl methyl sites for hydroxylation is 1. The van der Waals surface area contributed by atoms with Crippen LogP contribution in [0.2, 0.25) is 0 Å². The van der Waals surface area contributed by atoms with E-state index in [1.807, 2.05) is 12.1 Å². The Morgan fingerprint density at radius 3 is 3.00 bits per heavy atom. The van der Waals surface area contributed by atoms with Gasteiger partial charge < -0.3 is 10.0 Å². The van der Waals surface area contributed by atoms with Crippen molar-refractivity contribution in [2.45, 2.75) is 32.6 Å². The van der Waals surface area contributed by atoms with Crippen LogP contribution in [-0.2, 0) is 6.42 Å². The van der Waals surface area contributed by atoms with E-state index in [-0.39, 0.29) is 0 Å². The van der Waals surface area contributed by atoms with E-state index in [0.29, 0.717) is 5.56 Å². The highest BCUT2D eigenvalue weighted by Crippen LogP contribution is 2.28. The van der Waals surface area contributed by atoms with Gasteiger partial charge in [0, 0.05) is 18.8 Å². The normalized spacial score (nSPS) is 14.5. The Morgan fingerprint density at radius 2 is 2.29 bits per heavy atom. The molecule has 0 saturated carbocycles. The van der Waals surface area contributed by atoms with Crippen LogP contribution in [0, 0.1) is 0 Å². The molecule has 1 aliphatic rings. The lowest BCUT2D eigenvalue weighted by molar-refractivity contribution is 0.0697. The minimum Gasteiger partial charge on any atom is -0.478 e. The Bertz CT molecular complexity index is 415. The molecule has 1 aliphatic heterocycles. The molecule has 3 nitrogen and oxygen atoms in total. The highest BCUT2D eigenvalue weighted by atomic mass is 16.4. The molecule has 0 bridgehead atoms. The van der Waals surface area contributed by atoms with Gasteiger partial charge >= 0.3 is 5.97 Å². The summed E-state index contributed by atoms with van der Waals surface area (Å²) in [6.07, 6.45) is 4.57. The van der Waals surface area contributed by atoms with Crippen LogP contribution in [0.1, 0.15) is 42.1 Å². The topological polar surface area (TPSA) is 40.5 Å². The fourth-order valence-electron chi connectivity index (χ4n) is 2.36. The molecule has 1 N–H and O–H groups in total. The van der Waals surface area contributed by atoms with E-state index in [0.717, 1.165) is 31.6 Å². The molecule has 1 heterocycles. The van der Waals surface area contributed by atoms with E-state index >= 15 is 0 Å². The molecule has 0 atom stereocenters. The number of carboxylic acid groups (broad SMARTS) is 1. The summed E-state index contributed by atoms with van der Waals surface area (Å²) < 4.78 is 0. The first-order chi connectivity index (χ1) is 8.22. The molecule has 3 heteroatoms. The van der Waals surface area contributed by atoms with Crippen molar-refractivity contribution in [1.82, 2.24) is 0 Å². The largest absolute Gasteiger partial charge is 0.478 e. The lowest BCUT2D eigenvalue weighted by atomic mass is 9.99. The standard InChI is InChI=1S/C14H19NO2/c1-2-3-8-15-9-4-5-11-6-7-12(14(16)17)10-13(11)15/h6-7,10H,2-5,8-9H2,1H3,(H,16,17). The van der Waals surface area contributed by atoms with Crippen molar-refractivity contribution in [1.29, 1.82) is 0 Å². The van der Waals surface area contributed by atoms with Crippen molar-refractivity contribution in [2.24, 2.45) is 0 Å². The third-order valence-electron chi connectivity index (χ3n) is 3.33. The molecule has 0 spiro atoms. The Labute approximate surface area is 102 Å². The molecule has 0 aliphatic carbocycles. The van der Waals surface area contributed by atoms with Gasteiger partial charge in [0.1, 0.15) is 0 Å². The molecular weight excluding hydrogens is 214 g/mol. The molecule has 92 valence electrons. The zero-order chi connectivity index (χ0) is 12.3. The number of hydrogen-bond acceptors (Lipinski definition) is 2. The smallest absolute Gasteiger partial charge is 0.335 e. The zero-order valence-electron chi connectivity index (χ0n) is 10.3. The summed E-state index contributed by atoms with van der Waals surface area (Å²) in [5.74, 6) is -0.839. The molecule has 1 aromatic rings. The summed E-state index contributed by atoms with van der Waals surface area (Å²) in [7, 11) is 0. The van der Waals surface area contributed by atoms with E-state index in [1.54, 1.807) is 6.07 Å². The monoisotopic (exact) mass is 233 g/mol. The van der Waals surface area contributed by atoms with E-state index in [2.05, 4.69) is 11.8 Å². The number of rotatable bonds is 4. The minimum absolute atomic E-state index is 0.396. The second-order valence-corrected chi connectivity index (χ2v) is 4.59. The van der Waals surface area contributed by atoms with Gasteiger partial charge in [-0.25, -0.2) is 4.79 Å². The number of hydrogen-bond donors (Lipinski definition) is 1. The fraction of sp³-hybridized carbons (Fsp3) is 0.500. The lowest BCUT2D eigenvalue weighted by Gasteiger charge is -2.31. The van der Waals surface area contributed by atoms with Crippen LogP contribution < -0.4 is 4.90 Å². The van der Waals surface area contributed by atoms with Crippen molar-refractivity contribution in [3.63, 3.8) is 0 Å². The maximum Gasteiger partial charge on any atom is 0.335 e. The van der Waals surface area contributed by atoms with Crippen LogP contribution in [0.25, 0.3) is 0 Å². The van der Waals surface area contributed by atoms with Gasteiger partial charge in [0.2, 0.25) is 0 Å². The number of fused-ring (bicyclic) bond motifs is 1. The molecule has 0 saturated heterocycles. The maximum atomic E-state index is 11.0. The number of nitrogens with zero attached hydrogens (tertiary/aromatic N) is 1. The first kappa shape index (κ1) is 12.0. The van der Waals surface area contributed by atoms with Gasteiger partial charge in [-0.2, -0.15) is 0 Å². The van der Waals surface area contributed by atoms with Crippen LogP contribution in [-0.4, -0.2) is 24.2 Å². The molecule has 17 heavy (non-hydrogen) atoms. The highest BCUT2D eigenvalue weighted by molar-refractivity contribution is 5.89. The summed E-state index contributed by atoms with van der Waals surface area (Å²) in [6, 6.07) is 5.51. The third kappa shape index (κ3) is 2.60. The molecule has 0 unspecified atom stereocenters. The molecule has 0 fully saturated rings. The molecule has 2 rings (SSSR count). The van der Waals surface area contributed by atoms with Gasteiger partial charge in [-0.1, -0.05) is 19.4 Å². The van der Waals surface area contributed by atoms with Crippen LogP contribution in [0.5, 0.6) is 0 Å². The number of anilines is 1. The van der Waals surface area contributed by atoms with Crippen molar-refractivity contribution in [3.05, 3.63) is 29.3 Å². The second-order valence-electron chi connectivity index (χ2n) is 4.59. The van der Waals surface area contributed by atoms with Gasteiger partial charge in [-0.05, 0) is 37.0 Å². The van der Waals surface area contributed by atoms with E-state index in [9.17, 15) is 4.79 Å². The highest BCUT2D eigenvalue weighted by Gasteiger charge is 2.17. The molecule has 0 aromatic heterocycles. The zero-order valence-corrected chi connectivity index (χ0v) is 10.3. The first-order valence-corrected chi connectivity index (χ1v) is 6.33. The van der Waals surface area contributed by atoms with Crippen molar-refractivity contribution in [2.75, 3.05) is 18.0 Å². The number of benzene rings is 1. The SMILES string of the molecule is CCCCN1CCCc2ccc(C(=O)O)cc21. The first-order valence-electron chi connectivity index (χ1n) is 6.33. The summed E-state index contributed by atoms with van der Waals surface area (Å²) in [6.45, 7) is 4.27. The van der Waals surface area contributed by atoms with Gasteiger partial charge in [-0.3, -0.25) is 0 Å². The number of aromatic carboxylic acids is 1. The van der Waals surface area contributed by atoms with Crippen LogP contribution in [0.15, 0.2) is 18.2 Å². The van der Waals surface area contributed by atoms with Gasteiger partial charge in [-0.15, -0.1) is 0 Å². The Balaban J connectivity index is 2.27. The Hall–Kier alpha value is -1.51. The van der Waals surface area contributed by atoms with E-state index in [4.69, 9.17) is 5.11 Å². The number of unbranched alkanes of at least 4 members (excludes halogenated alkanes) is 1. The summed E-state index contributed by atoms with van der Waals surface area (Å²) >= 11 is 0. The molecule has 0 amide bonds. The van der Waals surface area contributed by atoms with Gasteiger partial charge in [0.25, 0.3) is 0 Å². The Kier molecular flexibility index (Phi) is 3.67. The predicted octanol–water partition coefficient (Wildman–Crippen LogP) is 2.94. The second kappa shape index (κ2) is 5.21. The average Bonchev–Trinajstić information content (AvgIpc) is 2.35. The molecular formula is C14H19NO2. The van der Waals surface area contributed by atoms with Gasteiger partial charge in [0.15, 0.2) is 0 Å². The maximum absolute atomic E-state index is 11.0. The van der Waals surface area contributed by atoms with Crippen molar-refractivity contribution >= 4 is 11.7 Å². The number of carbonyl (C=O) groups is 1. The number of carboxylic acids is 1. The molecule has 1 aromatic carbocycles. The van der Waals surface area contributed by atoms with Crippen LogP contribution in [0.4, 0.5) is 5.69 Å². The van der Waals surface area contributed by atoms with Crippen molar-refractivity contribution < 1.29 is 9.90 Å². The summed E-state index contributed by atoms with van der Waals surface area (Å²) in [5, 5.41) is 9.03. The summed E-state index contributed by atoms with van der Waals surface area (Å²) in [5.41, 5.74) is 2.81. The van der Waals surface area contributed by atoms with E-state index in [1.165, 1.54) is 18.4 Å². The van der Waals surface area contributed by atoms with Crippen LogP contribution in [0.3, 0.4) is 0 Å². The quantitative estimate of drug-likeness (QED) is 0.869.